The standard InChI is InChI=1S/C14H15N3O3/c18-13(5-2-6-14(19)20)17-11-4-1-3-10(7-11)12-8-15-9-16-12/h1,3-4,7-9H,2,5-6H2,(H,15,16)(H,17,18)(H,19,20). The van der Waals surface area contributed by atoms with E-state index in [1.807, 2.05) is 18.2 Å². The zero-order valence-electron chi connectivity index (χ0n) is 10.8. The Kier molecular flexibility index (Phi) is 4.49. The summed E-state index contributed by atoms with van der Waals surface area (Å²) < 4.78 is 0. The van der Waals surface area contributed by atoms with Crippen molar-refractivity contribution in [3.63, 3.8) is 0 Å². The Morgan fingerprint density at radius 2 is 2.15 bits per heavy atom. The number of carboxylic acid groups (broad SMARTS) is 1. The lowest BCUT2D eigenvalue weighted by atomic mass is 10.1. The van der Waals surface area contributed by atoms with Gasteiger partial charge in [0.1, 0.15) is 0 Å². The summed E-state index contributed by atoms with van der Waals surface area (Å²) in [5.41, 5.74) is 2.47. The van der Waals surface area contributed by atoms with Gasteiger partial charge >= 0.3 is 5.97 Å². The van der Waals surface area contributed by atoms with Crippen molar-refractivity contribution in [3.8, 4) is 11.3 Å². The van der Waals surface area contributed by atoms with E-state index in [4.69, 9.17) is 5.11 Å². The van der Waals surface area contributed by atoms with Gasteiger partial charge in [-0.25, -0.2) is 4.98 Å². The van der Waals surface area contributed by atoms with E-state index in [9.17, 15) is 9.59 Å². The fourth-order valence-electron chi connectivity index (χ4n) is 1.80. The molecule has 1 heterocycles. The van der Waals surface area contributed by atoms with Crippen LogP contribution < -0.4 is 5.32 Å². The third-order valence-corrected chi connectivity index (χ3v) is 2.75. The van der Waals surface area contributed by atoms with Crippen molar-refractivity contribution in [2.75, 3.05) is 5.32 Å². The molecule has 6 nitrogen and oxygen atoms in total. The molecule has 1 aromatic carbocycles. The van der Waals surface area contributed by atoms with Gasteiger partial charge in [-0.3, -0.25) is 9.59 Å². The van der Waals surface area contributed by atoms with Gasteiger partial charge in [0, 0.05) is 24.1 Å². The van der Waals surface area contributed by atoms with Crippen molar-refractivity contribution in [1.82, 2.24) is 9.97 Å². The molecular weight excluding hydrogens is 258 g/mol. The predicted molar refractivity (Wildman–Crippen MR) is 74.1 cm³/mol. The van der Waals surface area contributed by atoms with Gasteiger partial charge < -0.3 is 15.4 Å². The Hall–Kier alpha value is -2.63. The maximum atomic E-state index is 11.7. The van der Waals surface area contributed by atoms with Crippen LogP contribution in [0.15, 0.2) is 36.8 Å². The summed E-state index contributed by atoms with van der Waals surface area (Å²) >= 11 is 0. The number of anilines is 1. The monoisotopic (exact) mass is 273 g/mol. The normalized spacial score (nSPS) is 10.2. The molecule has 0 unspecified atom stereocenters. The van der Waals surface area contributed by atoms with Crippen LogP contribution in [0.4, 0.5) is 5.69 Å². The number of carbonyl (C=O) groups is 2. The van der Waals surface area contributed by atoms with Gasteiger partial charge in [-0.2, -0.15) is 0 Å². The van der Waals surface area contributed by atoms with E-state index < -0.39 is 5.97 Å². The maximum absolute atomic E-state index is 11.7. The Morgan fingerprint density at radius 1 is 1.30 bits per heavy atom. The number of nitrogens with zero attached hydrogens (tertiary/aromatic N) is 1. The van der Waals surface area contributed by atoms with Crippen LogP contribution in [-0.2, 0) is 9.59 Å². The molecule has 0 spiro atoms. The van der Waals surface area contributed by atoms with Gasteiger partial charge in [-0.1, -0.05) is 12.1 Å². The highest BCUT2D eigenvalue weighted by molar-refractivity contribution is 5.91. The van der Waals surface area contributed by atoms with Crippen LogP contribution in [0.25, 0.3) is 11.3 Å². The minimum absolute atomic E-state index is 0.00159. The van der Waals surface area contributed by atoms with E-state index >= 15 is 0 Å². The number of benzene rings is 1. The number of H-pyrrole nitrogens is 1. The summed E-state index contributed by atoms with van der Waals surface area (Å²) in [6.45, 7) is 0. The van der Waals surface area contributed by atoms with Crippen molar-refractivity contribution in [2.24, 2.45) is 0 Å². The number of nitrogens with one attached hydrogen (secondary N) is 2. The number of rotatable bonds is 6. The maximum Gasteiger partial charge on any atom is 0.303 e. The smallest absolute Gasteiger partial charge is 0.303 e. The summed E-state index contributed by atoms with van der Waals surface area (Å²) in [6.07, 6.45) is 3.82. The molecule has 104 valence electrons. The minimum atomic E-state index is -0.890. The number of amides is 1. The number of carboxylic acids is 1. The molecule has 20 heavy (non-hydrogen) atoms. The van der Waals surface area contributed by atoms with Crippen LogP contribution >= 0.6 is 0 Å². The van der Waals surface area contributed by atoms with Crippen LogP contribution in [0.1, 0.15) is 19.3 Å². The van der Waals surface area contributed by atoms with Gasteiger partial charge in [-0.05, 0) is 18.6 Å². The summed E-state index contributed by atoms with van der Waals surface area (Å²) in [6, 6.07) is 7.37. The molecule has 0 aliphatic carbocycles. The molecule has 0 aliphatic rings. The molecule has 2 aromatic rings. The molecule has 1 aromatic heterocycles. The molecule has 0 atom stereocenters. The van der Waals surface area contributed by atoms with E-state index in [2.05, 4.69) is 15.3 Å². The highest BCUT2D eigenvalue weighted by Gasteiger charge is 2.06. The number of aromatic nitrogens is 2. The predicted octanol–water partition coefficient (Wildman–Crippen LogP) is 2.27. The Balaban J connectivity index is 1.94. The molecule has 2 rings (SSSR count). The van der Waals surface area contributed by atoms with Crippen LogP contribution in [0.3, 0.4) is 0 Å². The number of carbonyl (C=O) groups excluding carboxylic acids is 1. The van der Waals surface area contributed by atoms with Crippen molar-refractivity contribution < 1.29 is 14.7 Å². The molecule has 6 heteroatoms. The second-order valence-electron chi connectivity index (χ2n) is 4.34. The quantitative estimate of drug-likeness (QED) is 0.752. The summed E-state index contributed by atoms with van der Waals surface area (Å²) in [5, 5.41) is 11.3. The van der Waals surface area contributed by atoms with Gasteiger partial charge in [0.15, 0.2) is 0 Å². The van der Waals surface area contributed by atoms with E-state index in [-0.39, 0.29) is 18.7 Å². The molecular formula is C14H15N3O3. The molecule has 0 saturated carbocycles. The molecule has 0 fully saturated rings. The number of imidazole rings is 1. The summed E-state index contributed by atoms with van der Waals surface area (Å²) in [4.78, 5) is 29.0. The molecule has 3 N–H and O–H groups in total. The van der Waals surface area contributed by atoms with Crippen molar-refractivity contribution in [1.29, 1.82) is 0 Å². The first kappa shape index (κ1) is 13.8. The van der Waals surface area contributed by atoms with Crippen molar-refractivity contribution >= 4 is 17.6 Å². The van der Waals surface area contributed by atoms with Crippen molar-refractivity contribution in [3.05, 3.63) is 36.8 Å². The average Bonchev–Trinajstić information content (AvgIpc) is 2.92. The fraction of sp³-hybridized carbons (Fsp3) is 0.214. The molecule has 0 aliphatic heterocycles. The second kappa shape index (κ2) is 6.51. The minimum Gasteiger partial charge on any atom is -0.481 e. The van der Waals surface area contributed by atoms with Crippen LogP contribution in [0, 0.1) is 0 Å². The first-order chi connectivity index (χ1) is 9.65. The Morgan fingerprint density at radius 3 is 2.85 bits per heavy atom. The molecule has 0 bridgehead atoms. The number of aromatic amines is 1. The largest absolute Gasteiger partial charge is 0.481 e. The summed E-state index contributed by atoms with van der Waals surface area (Å²) in [7, 11) is 0. The van der Waals surface area contributed by atoms with E-state index in [0.717, 1.165) is 11.3 Å². The molecule has 0 radical (unpaired) electrons. The van der Waals surface area contributed by atoms with Crippen LogP contribution in [0.5, 0.6) is 0 Å². The van der Waals surface area contributed by atoms with Gasteiger partial charge in [0.25, 0.3) is 0 Å². The summed E-state index contributed by atoms with van der Waals surface area (Å²) in [5.74, 6) is -1.08. The molecule has 0 saturated heterocycles. The fourth-order valence-corrected chi connectivity index (χ4v) is 1.80. The van der Waals surface area contributed by atoms with Crippen molar-refractivity contribution in [2.45, 2.75) is 19.3 Å². The first-order valence-electron chi connectivity index (χ1n) is 6.25. The number of hydrogen-bond acceptors (Lipinski definition) is 3. The lowest BCUT2D eigenvalue weighted by Crippen LogP contribution is -2.11. The third kappa shape index (κ3) is 3.94. The Labute approximate surface area is 115 Å². The average molecular weight is 273 g/mol. The van der Waals surface area contributed by atoms with Gasteiger partial charge in [0.2, 0.25) is 5.91 Å². The SMILES string of the molecule is O=C(O)CCCC(=O)Nc1cccc(-c2cnc[nH]2)c1. The highest BCUT2D eigenvalue weighted by atomic mass is 16.4. The first-order valence-corrected chi connectivity index (χ1v) is 6.25. The second-order valence-corrected chi connectivity index (χ2v) is 4.34. The van der Waals surface area contributed by atoms with Crippen LogP contribution in [-0.4, -0.2) is 27.0 Å². The van der Waals surface area contributed by atoms with E-state index in [1.165, 1.54) is 0 Å². The highest BCUT2D eigenvalue weighted by Crippen LogP contribution is 2.20. The lowest BCUT2D eigenvalue weighted by molar-refractivity contribution is -0.137. The van der Waals surface area contributed by atoms with Gasteiger partial charge in [0.05, 0.1) is 18.2 Å². The number of aliphatic carboxylic acids is 1. The van der Waals surface area contributed by atoms with E-state index in [0.29, 0.717) is 12.1 Å². The Bertz CT molecular complexity index is 593. The zero-order valence-corrected chi connectivity index (χ0v) is 10.8. The zero-order chi connectivity index (χ0) is 14.4. The van der Waals surface area contributed by atoms with E-state index in [1.54, 1.807) is 18.6 Å². The topological polar surface area (TPSA) is 95.1 Å². The van der Waals surface area contributed by atoms with Gasteiger partial charge in [-0.15, -0.1) is 0 Å². The number of hydrogen-bond donors (Lipinski definition) is 3. The lowest BCUT2D eigenvalue weighted by Gasteiger charge is -2.06. The van der Waals surface area contributed by atoms with Crippen LogP contribution in [0.2, 0.25) is 0 Å². The third-order valence-electron chi connectivity index (χ3n) is 2.75. The molecule has 1 amide bonds.